The molecule has 0 saturated heterocycles. The molecule has 0 heterocycles. The number of rotatable bonds is 4. The van der Waals surface area contributed by atoms with Gasteiger partial charge < -0.3 is 9.84 Å². The van der Waals surface area contributed by atoms with Crippen LogP contribution in [-0.4, -0.2) is 17.4 Å². The third-order valence-corrected chi connectivity index (χ3v) is 2.33. The Bertz CT molecular complexity index is 532. The predicted molar refractivity (Wildman–Crippen MR) is 58.6 cm³/mol. The van der Waals surface area contributed by atoms with Crippen LogP contribution in [0.15, 0.2) is 12.1 Å². The van der Waals surface area contributed by atoms with Crippen molar-refractivity contribution >= 4 is 5.97 Å². The molecule has 7 heteroatoms. The minimum atomic E-state index is -4.93. The summed E-state index contributed by atoms with van der Waals surface area (Å²) >= 11 is 0. The van der Waals surface area contributed by atoms with Crippen LogP contribution in [0.4, 0.5) is 13.2 Å². The molecule has 0 fully saturated rings. The zero-order valence-corrected chi connectivity index (χ0v) is 9.91. The number of aliphatic carboxylic acids is 1. The van der Waals surface area contributed by atoms with Crippen LogP contribution in [0.5, 0.6) is 5.75 Å². The number of carboxylic acid groups (broad SMARTS) is 1. The number of benzene rings is 1. The Morgan fingerprint density at radius 2 is 2.11 bits per heavy atom. The van der Waals surface area contributed by atoms with Crippen LogP contribution in [0.25, 0.3) is 0 Å². The molecule has 0 spiro atoms. The van der Waals surface area contributed by atoms with Gasteiger partial charge in [-0.15, -0.1) is 13.2 Å². The van der Waals surface area contributed by atoms with E-state index in [1.165, 1.54) is 6.07 Å². The van der Waals surface area contributed by atoms with Crippen molar-refractivity contribution in [2.75, 3.05) is 0 Å². The van der Waals surface area contributed by atoms with Gasteiger partial charge in [-0.1, -0.05) is 13.0 Å². The summed E-state index contributed by atoms with van der Waals surface area (Å²) < 4.78 is 40.5. The predicted octanol–water partition coefficient (Wildman–Crippen LogP) is 2.65. The molecule has 1 aromatic rings. The van der Waals surface area contributed by atoms with Crippen molar-refractivity contribution in [2.45, 2.75) is 26.1 Å². The summed E-state index contributed by atoms with van der Waals surface area (Å²) in [6, 6.07) is 4.05. The summed E-state index contributed by atoms with van der Waals surface area (Å²) in [7, 11) is 0. The van der Waals surface area contributed by atoms with Gasteiger partial charge in [0.15, 0.2) is 0 Å². The smallest absolute Gasteiger partial charge is 0.481 e. The molecule has 1 rings (SSSR count). The summed E-state index contributed by atoms with van der Waals surface area (Å²) in [5, 5.41) is 17.6. The highest BCUT2D eigenvalue weighted by Gasteiger charge is 2.33. The number of carboxylic acids is 1. The molecule has 1 aromatic carbocycles. The zero-order chi connectivity index (χ0) is 14.6. The highest BCUT2D eigenvalue weighted by molar-refractivity contribution is 5.72. The first kappa shape index (κ1) is 14.8. The van der Waals surface area contributed by atoms with Crippen LogP contribution in [0.1, 0.15) is 23.6 Å². The van der Waals surface area contributed by atoms with E-state index in [0.29, 0.717) is 12.0 Å². The third kappa shape index (κ3) is 4.17. The van der Waals surface area contributed by atoms with Gasteiger partial charge in [-0.25, -0.2) is 0 Å². The summed E-state index contributed by atoms with van der Waals surface area (Å²) in [6.45, 7) is 1.70. The number of ether oxygens (including phenoxy) is 1. The number of aryl methyl sites for hydroxylation is 1. The van der Waals surface area contributed by atoms with E-state index in [0.717, 1.165) is 6.07 Å². The van der Waals surface area contributed by atoms with Crippen LogP contribution in [0.2, 0.25) is 0 Å². The van der Waals surface area contributed by atoms with Gasteiger partial charge in [-0.05, 0) is 23.6 Å². The molecular formula is C12H10F3NO3. The summed E-state index contributed by atoms with van der Waals surface area (Å²) in [5.41, 5.74) is 0.0695. The Labute approximate surface area is 107 Å². The van der Waals surface area contributed by atoms with E-state index in [1.54, 1.807) is 13.0 Å². The van der Waals surface area contributed by atoms with Gasteiger partial charge in [0.05, 0.1) is 12.0 Å². The first-order chi connectivity index (χ1) is 8.76. The van der Waals surface area contributed by atoms with Gasteiger partial charge in [-0.2, -0.15) is 5.26 Å². The summed E-state index contributed by atoms with van der Waals surface area (Å²) in [6.07, 6.45) is -5.07. The Hall–Kier alpha value is -2.23. The number of hydrogen-bond donors (Lipinski definition) is 1. The zero-order valence-electron chi connectivity index (χ0n) is 9.91. The molecule has 0 radical (unpaired) electrons. The van der Waals surface area contributed by atoms with Crippen LogP contribution in [0.3, 0.4) is 0 Å². The van der Waals surface area contributed by atoms with E-state index in [4.69, 9.17) is 10.4 Å². The molecule has 19 heavy (non-hydrogen) atoms. The van der Waals surface area contributed by atoms with Crippen molar-refractivity contribution in [1.82, 2.24) is 0 Å². The fraction of sp³-hybridized carbons (Fsp3) is 0.333. The fourth-order valence-electron chi connectivity index (χ4n) is 1.57. The second-order valence-corrected chi connectivity index (χ2v) is 3.71. The van der Waals surface area contributed by atoms with Crippen LogP contribution in [0, 0.1) is 11.3 Å². The first-order valence-corrected chi connectivity index (χ1v) is 5.30. The summed E-state index contributed by atoms with van der Waals surface area (Å²) in [5.74, 6) is -1.90. The highest BCUT2D eigenvalue weighted by atomic mass is 19.4. The van der Waals surface area contributed by atoms with E-state index in [9.17, 15) is 18.0 Å². The number of halogens is 3. The Balaban J connectivity index is 3.35. The Morgan fingerprint density at radius 1 is 1.47 bits per heavy atom. The van der Waals surface area contributed by atoms with Crippen LogP contribution >= 0.6 is 0 Å². The van der Waals surface area contributed by atoms with Crippen molar-refractivity contribution in [3.8, 4) is 11.8 Å². The van der Waals surface area contributed by atoms with E-state index >= 15 is 0 Å². The molecule has 0 unspecified atom stereocenters. The molecule has 0 aliphatic heterocycles. The van der Waals surface area contributed by atoms with Crippen LogP contribution < -0.4 is 4.74 Å². The number of alkyl halides is 3. The lowest BCUT2D eigenvalue weighted by Gasteiger charge is -2.14. The minimum Gasteiger partial charge on any atom is -0.481 e. The van der Waals surface area contributed by atoms with Gasteiger partial charge in [0, 0.05) is 0 Å². The van der Waals surface area contributed by atoms with Gasteiger partial charge >= 0.3 is 12.3 Å². The van der Waals surface area contributed by atoms with Gasteiger partial charge in [0.1, 0.15) is 11.8 Å². The average Bonchev–Trinajstić information content (AvgIpc) is 2.25. The average molecular weight is 273 g/mol. The number of hydrogen-bond acceptors (Lipinski definition) is 3. The summed E-state index contributed by atoms with van der Waals surface area (Å²) in [4.78, 5) is 10.7. The van der Waals surface area contributed by atoms with E-state index in [-0.39, 0.29) is 5.56 Å². The maximum Gasteiger partial charge on any atom is 0.573 e. The van der Waals surface area contributed by atoms with Crippen molar-refractivity contribution in [1.29, 1.82) is 5.26 Å². The molecule has 0 saturated carbocycles. The van der Waals surface area contributed by atoms with E-state index in [1.807, 2.05) is 0 Å². The molecule has 102 valence electrons. The maximum absolute atomic E-state index is 12.2. The lowest BCUT2D eigenvalue weighted by Crippen LogP contribution is -2.18. The van der Waals surface area contributed by atoms with E-state index in [2.05, 4.69) is 4.74 Å². The lowest BCUT2D eigenvalue weighted by molar-refractivity contribution is -0.274. The molecule has 4 nitrogen and oxygen atoms in total. The normalized spacial score (nSPS) is 10.9. The lowest BCUT2D eigenvalue weighted by atomic mass is 9.99. The third-order valence-electron chi connectivity index (χ3n) is 2.33. The molecule has 0 aliphatic rings. The molecule has 0 aromatic heterocycles. The largest absolute Gasteiger partial charge is 0.573 e. The SMILES string of the molecule is CCc1cc(CC(=O)O)c(C#N)c(OC(F)(F)F)c1. The topological polar surface area (TPSA) is 70.3 Å². The van der Waals surface area contributed by atoms with E-state index < -0.39 is 30.1 Å². The Kier molecular flexibility index (Phi) is 4.38. The van der Waals surface area contributed by atoms with Gasteiger partial charge in [0.2, 0.25) is 0 Å². The molecular weight excluding hydrogens is 263 g/mol. The second kappa shape index (κ2) is 5.61. The molecule has 1 N–H and O–H groups in total. The Morgan fingerprint density at radius 3 is 2.53 bits per heavy atom. The first-order valence-electron chi connectivity index (χ1n) is 5.30. The van der Waals surface area contributed by atoms with Gasteiger partial charge in [-0.3, -0.25) is 4.79 Å². The molecule has 0 aliphatic carbocycles. The molecule has 0 amide bonds. The van der Waals surface area contributed by atoms with Gasteiger partial charge in [0.25, 0.3) is 0 Å². The van der Waals surface area contributed by atoms with Crippen molar-refractivity contribution in [2.24, 2.45) is 0 Å². The standard InChI is InChI=1S/C12H10F3NO3/c1-2-7-3-8(5-11(17)18)9(6-16)10(4-7)19-12(13,14)15/h3-4H,2,5H2,1H3,(H,17,18). The minimum absolute atomic E-state index is 0.00796. The maximum atomic E-state index is 12.2. The molecule has 0 atom stereocenters. The monoisotopic (exact) mass is 273 g/mol. The quantitative estimate of drug-likeness (QED) is 0.915. The van der Waals surface area contributed by atoms with Crippen molar-refractivity contribution in [3.63, 3.8) is 0 Å². The second-order valence-electron chi connectivity index (χ2n) is 3.71. The number of nitrogens with zero attached hydrogens (tertiary/aromatic N) is 1. The fourth-order valence-corrected chi connectivity index (χ4v) is 1.57. The van der Waals surface area contributed by atoms with Crippen molar-refractivity contribution in [3.05, 3.63) is 28.8 Å². The molecule has 0 bridgehead atoms. The number of carbonyl (C=O) groups is 1. The van der Waals surface area contributed by atoms with Crippen LogP contribution in [-0.2, 0) is 17.6 Å². The highest BCUT2D eigenvalue weighted by Crippen LogP contribution is 2.30. The number of nitriles is 1. The van der Waals surface area contributed by atoms with Crippen molar-refractivity contribution < 1.29 is 27.8 Å².